The van der Waals surface area contributed by atoms with E-state index in [0.717, 1.165) is 25.0 Å². The van der Waals surface area contributed by atoms with Crippen LogP contribution < -0.4 is 10.6 Å². The Hall–Kier alpha value is -1.21. The average molecular weight is 349 g/mol. The molecule has 0 saturated carbocycles. The highest BCUT2D eigenvalue weighted by Crippen LogP contribution is 2.23. The van der Waals surface area contributed by atoms with Crippen LogP contribution in [0.3, 0.4) is 0 Å². The number of halogens is 3. The number of rotatable bonds is 4. The Kier molecular flexibility index (Phi) is 5.31. The summed E-state index contributed by atoms with van der Waals surface area (Å²) in [5.74, 6) is -1.45. The Morgan fingerprint density at radius 3 is 2.70 bits per heavy atom. The molecule has 0 unspecified atom stereocenters. The molecule has 0 aliphatic carbocycles. The van der Waals surface area contributed by atoms with Crippen molar-refractivity contribution in [2.45, 2.75) is 18.9 Å². The third kappa shape index (κ3) is 4.14. The summed E-state index contributed by atoms with van der Waals surface area (Å²) in [7, 11) is 0. The molecule has 1 aromatic carbocycles. The molecule has 2 rings (SSSR count). The van der Waals surface area contributed by atoms with E-state index < -0.39 is 11.6 Å². The summed E-state index contributed by atoms with van der Waals surface area (Å²) >= 11 is 2.89. The van der Waals surface area contributed by atoms with Crippen molar-refractivity contribution in [3.63, 3.8) is 0 Å². The first kappa shape index (κ1) is 15.2. The Morgan fingerprint density at radius 2 is 2.00 bits per heavy atom. The number of carbonyl (C=O) groups is 1. The van der Waals surface area contributed by atoms with E-state index in [9.17, 15) is 13.6 Å². The van der Waals surface area contributed by atoms with Crippen LogP contribution in [0.2, 0.25) is 0 Å². The second-order valence-electron chi connectivity index (χ2n) is 4.55. The van der Waals surface area contributed by atoms with Gasteiger partial charge in [-0.1, -0.05) is 0 Å². The van der Waals surface area contributed by atoms with E-state index in [1.807, 2.05) is 0 Å². The van der Waals surface area contributed by atoms with Crippen molar-refractivity contribution in [3.8, 4) is 0 Å². The minimum atomic E-state index is -0.614. The van der Waals surface area contributed by atoms with E-state index in [2.05, 4.69) is 26.6 Å². The molecule has 0 radical (unpaired) electrons. The van der Waals surface area contributed by atoms with Crippen LogP contribution in [0.15, 0.2) is 16.6 Å². The first-order valence-corrected chi connectivity index (χ1v) is 7.11. The lowest BCUT2D eigenvalue weighted by Crippen LogP contribution is -2.41. The van der Waals surface area contributed by atoms with Crippen molar-refractivity contribution in [1.82, 2.24) is 5.32 Å². The van der Waals surface area contributed by atoms with Crippen LogP contribution in [0.5, 0.6) is 0 Å². The summed E-state index contributed by atoms with van der Waals surface area (Å²) in [4.78, 5) is 11.7. The normalized spacial score (nSPS) is 15.9. The fourth-order valence-corrected chi connectivity index (χ4v) is 2.27. The maximum atomic E-state index is 13.5. The number of amides is 1. The molecule has 0 aromatic heterocycles. The minimum Gasteiger partial charge on any atom is -0.381 e. The fraction of sp³-hybridized carbons (Fsp3) is 0.462. The molecule has 0 bridgehead atoms. The quantitative estimate of drug-likeness (QED) is 0.821. The highest BCUT2D eigenvalue weighted by molar-refractivity contribution is 9.10. The van der Waals surface area contributed by atoms with E-state index in [1.54, 1.807) is 0 Å². The zero-order chi connectivity index (χ0) is 14.5. The summed E-state index contributed by atoms with van der Waals surface area (Å²) in [6.45, 7) is 1.16. The van der Waals surface area contributed by atoms with Gasteiger partial charge in [-0.25, -0.2) is 8.78 Å². The van der Waals surface area contributed by atoms with Crippen LogP contribution in [0, 0.1) is 11.6 Å². The lowest BCUT2D eigenvalue weighted by molar-refractivity contribution is -0.120. The van der Waals surface area contributed by atoms with Gasteiger partial charge in [-0.3, -0.25) is 4.79 Å². The molecule has 4 nitrogen and oxygen atoms in total. The molecule has 1 aliphatic heterocycles. The Labute approximate surface area is 124 Å². The molecule has 1 heterocycles. The first-order chi connectivity index (χ1) is 9.56. The molecule has 7 heteroatoms. The fourth-order valence-electron chi connectivity index (χ4n) is 1.95. The van der Waals surface area contributed by atoms with Gasteiger partial charge in [0.05, 0.1) is 16.7 Å². The van der Waals surface area contributed by atoms with Gasteiger partial charge < -0.3 is 15.4 Å². The van der Waals surface area contributed by atoms with E-state index in [4.69, 9.17) is 4.74 Å². The zero-order valence-corrected chi connectivity index (χ0v) is 12.3. The molecule has 1 saturated heterocycles. The van der Waals surface area contributed by atoms with Crippen LogP contribution in [-0.4, -0.2) is 31.7 Å². The first-order valence-electron chi connectivity index (χ1n) is 6.32. The van der Waals surface area contributed by atoms with Gasteiger partial charge >= 0.3 is 0 Å². The smallest absolute Gasteiger partial charge is 0.239 e. The van der Waals surface area contributed by atoms with E-state index in [-0.39, 0.29) is 28.7 Å². The van der Waals surface area contributed by atoms with Crippen molar-refractivity contribution < 1.29 is 18.3 Å². The largest absolute Gasteiger partial charge is 0.381 e. The molecule has 1 fully saturated rings. The van der Waals surface area contributed by atoms with Crippen LogP contribution in [0.4, 0.5) is 14.5 Å². The van der Waals surface area contributed by atoms with E-state index in [1.165, 1.54) is 0 Å². The van der Waals surface area contributed by atoms with Crippen molar-refractivity contribution >= 4 is 27.5 Å². The van der Waals surface area contributed by atoms with Gasteiger partial charge in [-0.05, 0) is 34.8 Å². The molecular weight excluding hydrogens is 334 g/mol. The monoisotopic (exact) mass is 348 g/mol. The van der Waals surface area contributed by atoms with Crippen molar-refractivity contribution in [1.29, 1.82) is 0 Å². The summed E-state index contributed by atoms with van der Waals surface area (Å²) in [6.07, 6.45) is 1.54. The maximum Gasteiger partial charge on any atom is 0.239 e. The van der Waals surface area contributed by atoms with Gasteiger partial charge in [-0.2, -0.15) is 0 Å². The topological polar surface area (TPSA) is 50.4 Å². The molecule has 1 aliphatic rings. The zero-order valence-electron chi connectivity index (χ0n) is 10.7. The molecule has 2 N–H and O–H groups in total. The van der Waals surface area contributed by atoms with Crippen LogP contribution in [-0.2, 0) is 9.53 Å². The summed E-state index contributed by atoms with van der Waals surface area (Å²) in [5, 5.41) is 5.42. The van der Waals surface area contributed by atoms with E-state index in [0.29, 0.717) is 13.2 Å². The van der Waals surface area contributed by atoms with Gasteiger partial charge in [0.1, 0.15) is 11.6 Å². The molecule has 110 valence electrons. The van der Waals surface area contributed by atoms with E-state index >= 15 is 0 Å². The number of carbonyl (C=O) groups excluding carboxylic acids is 1. The number of hydrogen-bond donors (Lipinski definition) is 2. The second-order valence-corrected chi connectivity index (χ2v) is 5.41. The number of anilines is 1. The molecule has 0 spiro atoms. The molecule has 20 heavy (non-hydrogen) atoms. The number of ether oxygens (including phenoxy) is 1. The summed E-state index contributed by atoms with van der Waals surface area (Å²) in [6, 6.07) is 2.12. The Balaban J connectivity index is 1.85. The number of nitrogens with one attached hydrogen (secondary N) is 2. The Bertz CT molecular complexity index is 494. The van der Waals surface area contributed by atoms with Gasteiger partial charge in [0.15, 0.2) is 0 Å². The van der Waals surface area contributed by atoms with Crippen molar-refractivity contribution in [2.75, 3.05) is 25.1 Å². The molecule has 1 amide bonds. The predicted octanol–water partition coefficient (Wildman–Crippen LogP) is 2.43. The summed E-state index contributed by atoms with van der Waals surface area (Å²) < 4.78 is 32.1. The Morgan fingerprint density at radius 1 is 1.30 bits per heavy atom. The van der Waals surface area contributed by atoms with Gasteiger partial charge in [-0.15, -0.1) is 0 Å². The van der Waals surface area contributed by atoms with Gasteiger partial charge in [0, 0.05) is 25.3 Å². The van der Waals surface area contributed by atoms with Crippen molar-refractivity contribution in [3.05, 3.63) is 28.2 Å². The SMILES string of the molecule is O=C(CNc1cc(F)c(Br)cc1F)NC1CCOCC1. The summed E-state index contributed by atoms with van der Waals surface area (Å²) in [5.41, 5.74) is -0.0344. The van der Waals surface area contributed by atoms with Gasteiger partial charge in [0.25, 0.3) is 0 Å². The molecular formula is C13H15BrF2N2O2. The van der Waals surface area contributed by atoms with Crippen LogP contribution in [0.1, 0.15) is 12.8 Å². The molecule has 0 atom stereocenters. The number of benzene rings is 1. The molecule has 1 aromatic rings. The maximum absolute atomic E-state index is 13.5. The lowest BCUT2D eigenvalue weighted by Gasteiger charge is -2.23. The van der Waals surface area contributed by atoms with Gasteiger partial charge in [0.2, 0.25) is 5.91 Å². The third-order valence-corrected chi connectivity index (χ3v) is 3.64. The average Bonchev–Trinajstić information content (AvgIpc) is 2.42. The second kappa shape index (κ2) is 6.99. The lowest BCUT2D eigenvalue weighted by atomic mass is 10.1. The highest BCUT2D eigenvalue weighted by Gasteiger charge is 2.16. The van der Waals surface area contributed by atoms with Crippen molar-refractivity contribution in [2.24, 2.45) is 0 Å². The minimum absolute atomic E-state index is 0.0344. The number of hydrogen-bond acceptors (Lipinski definition) is 3. The standard InChI is InChI=1S/C13H15BrF2N2O2/c14-9-5-11(16)12(6-10(9)15)17-7-13(19)18-8-1-3-20-4-2-8/h5-6,8,17H,1-4,7H2,(H,18,19). The van der Waals surface area contributed by atoms with Crippen LogP contribution >= 0.6 is 15.9 Å². The third-order valence-electron chi connectivity index (χ3n) is 3.04. The highest BCUT2D eigenvalue weighted by atomic mass is 79.9. The predicted molar refractivity (Wildman–Crippen MR) is 74.5 cm³/mol. The van der Waals surface area contributed by atoms with Crippen LogP contribution in [0.25, 0.3) is 0 Å².